The minimum absolute atomic E-state index is 0.236. The minimum Gasteiger partial charge on any atom is -0.462 e. The molecule has 0 atom stereocenters. The Kier molecular flexibility index (Phi) is 8.04. The van der Waals surface area contributed by atoms with Gasteiger partial charge in [0, 0.05) is 6.20 Å². The topological polar surface area (TPSA) is 77.5 Å². The van der Waals surface area contributed by atoms with Gasteiger partial charge in [-0.05, 0) is 39.8 Å². The molecule has 0 unspecified atom stereocenters. The van der Waals surface area contributed by atoms with E-state index >= 15 is 0 Å². The quantitative estimate of drug-likeness (QED) is 0.862. The monoisotopic (exact) mass is 296 g/mol. The van der Waals surface area contributed by atoms with Gasteiger partial charge in [-0.1, -0.05) is 13.8 Å². The zero-order chi connectivity index (χ0) is 16.5. The van der Waals surface area contributed by atoms with E-state index in [1.165, 1.54) is 18.3 Å². The normalized spacial score (nSPS) is 10.0. The van der Waals surface area contributed by atoms with Crippen LogP contribution in [0.1, 0.15) is 51.9 Å². The third-order valence-electron chi connectivity index (χ3n) is 1.90. The number of anilines is 1. The Labute approximate surface area is 125 Å². The Hall–Kier alpha value is -2.11. The predicted octanol–water partition coefficient (Wildman–Crippen LogP) is 3.63. The van der Waals surface area contributed by atoms with Crippen LogP contribution in [0.15, 0.2) is 18.3 Å². The lowest BCUT2D eigenvalue weighted by Crippen LogP contribution is -2.27. The van der Waals surface area contributed by atoms with Crippen LogP contribution < -0.4 is 5.32 Å². The van der Waals surface area contributed by atoms with Gasteiger partial charge in [0.05, 0.1) is 12.2 Å². The molecule has 6 heteroatoms. The molecule has 1 heterocycles. The number of ether oxygens (including phenoxy) is 2. The van der Waals surface area contributed by atoms with Gasteiger partial charge in [-0.25, -0.2) is 14.6 Å². The van der Waals surface area contributed by atoms with E-state index in [0.717, 1.165) is 0 Å². The van der Waals surface area contributed by atoms with Crippen LogP contribution in [-0.4, -0.2) is 29.3 Å². The molecule has 1 aromatic heterocycles. The second kappa shape index (κ2) is 8.94. The highest BCUT2D eigenvalue weighted by Crippen LogP contribution is 2.11. The number of hydrogen-bond donors (Lipinski definition) is 1. The fraction of sp³-hybridized carbons (Fsp3) is 0.533. The number of aromatic nitrogens is 1. The van der Waals surface area contributed by atoms with Crippen LogP contribution in [0.2, 0.25) is 0 Å². The number of amides is 1. The van der Waals surface area contributed by atoms with Crippen LogP contribution >= 0.6 is 0 Å². The minimum atomic E-state index is -0.624. The molecular weight excluding hydrogens is 272 g/mol. The summed E-state index contributed by atoms with van der Waals surface area (Å²) in [5.41, 5.74) is -0.272. The maximum atomic E-state index is 11.5. The summed E-state index contributed by atoms with van der Waals surface area (Å²) in [6.07, 6.45) is 0.792. The maximum absolute atomic E-state index is 11.5. The zero-order valence-electron chi connectivity index (χ0n) is 13.5. The van der Waals surface area contributed by atoms with Crippen molar-refractivity contribution in [1.29, 1.82) is 0 Å². The van der Waals surface area contributed by atoms with E-state index < -0.39 is 17.7 Å². The SMILES string of the molecule is CC.CCOC(=O)c1ccnc(NC(=O)OC(C)(C)C)c1. The van der Waals surface area contributed by atoms with Gasteiger partial charge in [0.1, 0.15) is 11.4 Å². The Morgan fingerprint density at radius 1 is 1.29 bits per heavy atom. The number of hydrogen-bond acceptors (Lipinski definition) is 5. The largest absolute Gasteiger partial charge is 0.462 e. The predicted molar refractivity (Wildman–Crippen MR) is 81.4 cm³/mol. The maximum Gasteiger partial charge on any atom is 0.413 e. The molecule has 0 aliphatic carbocycles. The van der Waals surface area contributed by atoms with E-state index in [4.69, 9.17) is 9.47 Å². The Morgan fingerprint density at radius 2 is 1.90 bits per heavy atom. The highest BCUT2D eigenvalue weighted by Gasteiger charge is 2.17. The average molecular weight is 296 g/mol. The van der Waals surface area contributed by atoms with Crippen LogP contribution in [0.5, 0.6) is 0 Å². The summed E-state index contributed by atoms with van der Waals surface area (Å²) in [4.78, 5) is 27.0. The first-order valence-electron chi connectivity index (χ1n) is 6.95. The van der Waals surface area contributed by atoms with E-state index in [0.29, 0.717) is 5.56 Å². The molecular formula is C15H24N2O4. The van der Waals surface area contributed by atoms with Gasteiger partial charge in [0.15, 0.2) is 0 Å². The Balaban J connectivity index is 0.00000191. The highest BCUT2D eigenvalue weighted by molar-refractivity contribution is 5.91. The average Bonchev–Trinajstić information content (AvgIpc) is 2.39. The summed E-state index contributed by atoms with van der Waals surface area (Å²) in [6.45, 7) is 11.3. The highest BCUT2D eigenvalue weighted by atomic mass is 16.6. The van der Waals surface area contributed by atoms with Crippen LogP contribution in [0, 0.1) is 0 Å². The van der Waals surface area contributed by atoms with Gasteiger partial charge in [-0.15, -0.1) is 0 Å². The first kappa shape index (κ1) is 18.9. The first-order valence-corrected chi connectivity index (χ1v) is 6.95. The molecule has 0 radical (unpaired) electrons. The molecule has 0 fully saturated rings. The van der Waals surface area contributed by atoms with Gasteiger partial charge < -0.3 is 9.47 Å². The van der Waals surface area contributed by atoms with Crippen molar-refractivity contribution in [2.24, 2.45) is 0 Å². The lowest BCUT2D eigenvalue weighted by Gasteiger charge is -2.19. The molecule has 0 saturated carbocycles. The Morgan fingerprint density at radius 3 is 2.43 bits per heavy atom. The van der Waals surface area contributed by atoms with Crippen molar-refractivity contribution in [1.82, 2.24) is 4.98 Å². The molecule has 0 bridgehead atoms. The standard InChI is InChI=1S/C13H18N2O4.C2H6/c1-5-18-11(16)9-6-7-14-10(8-9)15-12(17)19-13(2,3)4;1-2/h6-8H,5H2,1-4H3,(H,14,15,17);1-2H3. The molecule has 118 valence electrons. The molecule has 1 amide bonds. The van der Waals surface area contributed by atoms with Gasteiger partial charge in [-0.3, -0.25) is 5.32 Å². The first-order chi connectivity index (χ1) is 9.81. The van der Waals surface area contributed by atoms with Gasteiger partial charge >= 0.3 is 12.1 Å². The van der Waals surface area contributed by atoms with Crippen LogP contribution in [0.25, 0.3) is 0 Å². The number of nitrogens with zero attached hydrogens (tertiary/aromatic N) is 1. The van der Waals surface area contributed by atoms with Crippen molar-refractivity contribution in [2.75, 3.05) is 11.9 Å². The van der Waals surface area contributed by atoms with Crippen LogP contribution in [-0.2, 0) is 9.47 Å². The van der Waals surface area contributed by atoms with E-state index in [-0.39, 0.29) is 12.4 Å². The summed E-state index contributed by atoms with van der Waals surface area (Å²) in [5.74, 6) is -0.225. The van der Waals surface area contributed by atoms with Crippen molar-refractivity contribution >= 4 is 17.9 Å². The lowest BCUT2D eigenvalue weighted by atomic mass is 10.2. The lowest BCUT2D eigenvalue weighted by molar-refractivity contribution is 0.0524. The van der Waals surface area contributed by atoms with Crippen molar-refractivity contribution in [3.63, 3.8) is 0 Å². The number of carbonyl (C=O) groups excluding carboxylic acids is 2. The summed E-state index contributed by atoms with van der Waals surface area (Å²) >= 11 is 0. The molecule has 6 nitrogen and oxygen atoms in total. The molecule has 1 rings (SSSR count). The van der Waals surface area contributed by atoms with Crippen LogP contribution in [0.3, 0.4) is 0 Å². The van der Waals surface area contributed by atoms with Crippen molar-refractivity contribution in [2.45, 2.75) is 47.1 Å². The number of rotatable bonds is 3. The molecule has 1 N–H and O–H groups in total. The molecule has 0 aliphatic rings. The molecule has 0 aliphatic heterocycles. The van der Waals surface area contributed by atoms with Gasteiger partial charge in [0.2, 0.25) is 0 Å². The third kappa shape index (κ3) is 7.91. The van der Waals surface area contributed by atoms with E-state index in [1.54, 1.807) is 27.7 Å². The third-order valence-corrected chi connectivity index (χ3v) is 1.90. The molecule has 0 aromatic carbocycles. The number of pyridine rings is 1. The summed E-state index contributed by atoms with van der Waals surface area (Å²) in [6, 6.07) is 2.94. The number of esters is 1. The smallest absolute Gasteiger partial charge is 0.413 e. The summed E-state index contributed by atoms with van der Waals surface area (Å²) < 4.78 is 9.94. The fourth-order valence-electron chi connectivity index (χ4n) is 1.25. The van der Waals surface area contributed by atoms with E-state index in [2.05, 4.69) is 10.3 Å². The summed E-state index contributed by atoms with van der Waals surface area (Å²) in [7, 11) is 0. The number of nitrogens with one attached hydrogen (secondary N) is 1. The zero-order valence-corrected chi connectivity index (χ0v) is 13.5. The molecule has 0 spiro atoms. The Bertz CT molecular complexity index is 467. The second-order valence-electron chi connectivity index (χ2n) is 4.78. The van der Waals surface area contributed by atoms with E-state index in [1.807, 2.05) is 13.8 Å². The van der Waals surface area contributed by atoms with Crippen molar-refractivity contribution in [3.8, 4) is 0 Å². The summed E-state index contributed by atoms with van der Waals surface area (Å²) in [5, 5.41) is 2.46. The van der Waals surface area contributed by atoms with E-state index in [9.17, 15) is 9.59 Å². The molecule has 21 heavy (non-hydrogen) atoms. The number of carbonyl (C=O) groups is 2. The van der Waals surface area contributed by atoms with Crippen LogP contribution in [0.4, 0.5) is 10.6 Å². The fourth-order valence-corrected chi connectivity index (χ4v) is 1.25. The van der Waals surface area contributed by atoms with Gasteiger partial charge in [-0.2, -0.15) is 0 Å². The van der Waals surface area contributed by atoms with Gasteiger partial charge in [0.25, 0.3) is 0 Å². The van der Waals surface area contributed by atoms with Crippen molar-refractivity contribution < 1.29 is 19.1 Å². The second-order valence-corrected chi connectivity index (χ2v) is 4.78. The molecule has 1 aromatic rings. The van der Waals surface area contributed by atoms with Crippen molar-refractivity contribution in [3.05, 3.63) is 23.9 Å². The molecule has 0 saturated heterocycles.